The standard InChI is InChI=1S/C19H20N4O3/c20-17(24)12-26-14-6-3-5-13(11-14)19(25)21-10-4-9-18-22-15-7-1-2-8-16(15)23-18/h1-3,5-8,11H,4,9-10,12H2,(H2,20,24)(H,21,25)(H,22,23). The molecule has 0 radical (unpaired) electrons. The number of nitrogens with two attached hydrogens (primary N) is 1. The molecule has 0 aliphatic carbocycles. The summed E-state index contributed by atoms with van der Waals surface area (Å²) in [7, 11) is 0. The SMILES string of the molecule is NC(=O)COc1cccc(C(=O)NCCCc2nc3ccccc3[nH]2)c1. The minimum atomic E-state index is -0.564. The Morgan fingerprint density at radius 2 is 2.00 bits per heavy atom. The van der Waals surface area contributed by atoms with Crippen LogP contribution in [0.4, 0.5) is 0 Å². The van der Waals surface area contributed by atoms with E-state index < -0.39 is 5.91 Å². The Kier molecular flexibility index (Phi) is 5.48. The van der Waals surface area contributed by atoms with E-state index in [4.69, 9.17) is 10.5 Å². The van der Waals surface area contributed by atoms with Crippen molar-refractivity contribution in [3.8, 4) is 5.75 Å². The Morgan fingerprint density at radius 1 is 1.15 bits per heavy atom. The summed E-state index contributed by atoms with van der Waals surface area (Å²) in [5, 5.41) is 2.87. The van der Waals surface area contributed by atoms with E-state index in [2.05, 4.69) is 15.3 Å². The van der Waals surface area contributed by atoms with Gasteiger partial charge >= 0.3 is 0 Å². The van der Waals surface area contributed by atoms with Crippen LogP contribution in [-0.4, -0.2) is 34.9 Å². The van der Waals surface area contributed by atoms with Crippen molar-refractivity contribution in [2.45, 2.75) is 12.8 Å². The lowest BCUT2D eigenvalue weighted by Crippen LogP contribution is -2.25. The first-order chi connectivity index (χ1) is 12.6. The van der Waals surface area contributed by atoms with Crippen molar-refractivity contribution in [3.63, 3.8) is 0 Å². The normalized spacial score (nSPS) is 10.6. The Balaban J connectivity index is 1.47. The number of ether oxygens (including phenoxy) is 1. The van der Waals surface area contributed by atoms with Crippen LogP contribution in [0.3, 0.4) is 0 Å². The fourth-order valence-electron chi connectivity index (χ4n) is 2.57. The monoisotopic (exact) mass is 352 g/mol. The van der Waals surface area contributed by atoms with Crippen LogP contribution in [0.25, 0.3) is 11.0 Å². The van der Waals surface area contributed by atoms with Crippen molar-refractivity contribution < 1.29 is 14.3 Å². The molecular formula is C19H20N4O3. The lowest BCUT2D eigenvalue weighted by molar-refractivity contribution is -0.119. The number of H-pyrrole nitrogens is 1. The minimum Gasteiger partial charge on any atom is -0.484 e. The smallest absolute Gasteiger partial charge is 0.255 e. The highest BCUT2D eigenvalue weighted by molar-refractivity contribution is 5.94. The predicted octanol–water partition coefficient (Wildman–Crippen LogP) is 1.79. The quantitative estimate of drug-likeness (QED) is 0.537. The van der Waals surface area contributed by atoms with Crippen LogP contribution in [-0.2, 0) is 11.2 Å². The summed E-state index contributed by atoms with van der Waals surface area (Å²) in [6.07, 6.45) is 1.51. The molecule has 7 heteroatoms. The summed E-state index contributed by atoms with van der Waals surface area (Å²) in [6, 6.07) is 14.5. The van der Waals surface area contributed by atoms with E-state index in [1.807, 2.05) is 24.3 Å². The molecule has 1 heterocycles. The van der Waals surface area contributed by atoms with Gasteiger partial charge in [0.15, 0.2) is 6.61 Å². The average Bonchev–Trinajstić information content (AvgIpc) is 3.06. The summed E-state index contributed by atoms with van der Waals surface area (Å²) >= 11 is 0. The summed E-state index contributed by atoms with van der Waals surface area (Å²) in [6.45, 7) is 0.310. The van der Waals surface area contributed by atoms with Crippen molar-refractivity contribution in [3.05, 3.63) is 59.9 Å². The Bertz CT molecular complexity index is 887. The van der Waals surface area contributed by atoms with Crippen molar-refractivity contribution >= 4 is 22.8 Å². The fraction of sp³-hybridized carbons (Fsp3) is 0.211. The molecule has 26 heavy (non-hydrogen) atoms. The molecule has 134 valence electrons. The van der Waals surface area contributed by atoms with Gasteiger partial charge in [-0.05, 0) is 36.8 Å². The highest BCUT2D eigenvalue weighted by atomic mass is 16.5. The number of aromatic amines is 1. The average molecular weight is 352 g/mol. The van der Waals surface area contributed by atoms with Crippen LogP contribution < -0.4 is 15.8 Å². The van der Waals surface area contributed by atoms with E-state index in [0.717, 1.165) is 29.7 Å². The largest absolute Gasteiger partial charge is 0.484 e. The second-order valence-corrected chi connectivity index (χ2v) is 5.84. The van der Waals surface area contributed by atoms with Gasteiger partial charge in [-0.1, -0.05) is 18.2 Å². The van der Waals surface area contributed by atoms with E-state index in [9.17, 15) is 9.59 Å². The lowest BCUT2D eigenvalue weighted by Gasteiger charge is -2.07. The fourth-order valence-corrected chi connectivity index (χ4v) is 2.57. The second-order valence-electron chi connectivity index (χ2n) is 5.84. The Hall–Kier alpha value is -3.35. The molecule has 0 atom stereocenters. The highest BCUT2D eigenvalue weighted by Crippen LogP contribution is 2.13. The highest BCUT2D eigenvalue weighted by Gasteiger charge is 2.07. The first kappa shape index (κ1) is 17.5. The lowest BCUT2D eigenvalue weighted by atomic mass is 10.2. The molecule has 0 fully saturated rings. The van der Waals surface area contributed by atoms with Crippen LogP contribution in [0.1, 0.15) is 22.6 Å². The molecule has 0 spiro atoms. The van der Waals surface area contributed by atoms with Crippen LogP contribution in [0.2, 0.25) is 0 Å². The van der Waals surface area contributed by atoms with E-state index in [-0.39, 0.29) is 12.5 Å². The third-order valence-corrected chi connectivity index (χ3v) is 3.79. The van der Waals surface area contributed by atoms with Crippen molar-refractivity contribution in [2.24, 2.45) is 5.73 Å². The minimum absolute atomic E-state index is 0.195. The summed E-state index contributed by atoms with van der Waals surface area (Å²) in [4.78, 5) is 30.7. The van der Waals surface area contributed by atoms with E-state index in [0.29, 0.717) is 17.9 Å². The maximum Gasteiger partial charge on any atom is 0.255 e. The molecule has 0 bridgehead atoms. The van der Waals surface area contributed by atoms with Gasteiger partial charge in [-0.2, -0.15) is 0 Å². The van der Waals surface area contributed by atoms with E-state index in [1.54, 1.807) is 24.3 Å². The molecule has 0 aliphatic heterocycles. The van der Waals surface area contributed by atoms with Gasteiger partial charge in [-0.25, -0.2) is 4.98 Å². The molecular weight excluding hydrogens is 332 g/mol. The zero-order chi connectivity index (χ0) is 18.4. The van der Waals surface area contributed by atoms with Crippen molar-refractivity contribution in [1.82, 2.24) is 15.3 Å². The van der Waals surface area contributed by atoms with Crippen LogP contribution >= 0.6 is 0 Å². The van der Waals surface area contributed by atoms with Gasteiger partial charge in [0.05, 0.1) is 11.0 Å². The Labute approximate surface area is 150 Å². The number of aryl methyl sites for hydroxylation is 1. The van der Waals surface area contributed by atoms with Crippen LogP contribution in [0.15, 0.2) is 48.5 Å². The number of nitrogens with zero attached hydrogens (tertiary/aromatic N) is 1. The van der Waals surface area contributed by atoms with Crippen molar-refractivity contribution in [2.75, 3.05) is 13.2 Å². The number of fused-ring (bicyclic) bond motifs is 1. The summed E-state index contributed by atoms with van der Waals surface area (Å²) in [5.74, 6) is 0.575. The number of benzene rings is 2. The number of aromatic nitrogens is 2. The maximum absolute atomic E-state index is 12.2. The number of primary amides is 1. The molecule has 0 saturated heterocycles. The number of carbonyl (C=O) groups excluding carboxylic acids is 2. The van der Waals surface area contributed by atoms with Gasteiger partial charge in [0.25, 0.3) is 11.8 Å². The first-order valence-corrected chi connectivity index (χ1v) is 8.35. The first-order valence-electron chi connectivity index (χ1n) is 8.35. The molecule has 2 aromatic carbocycles. The molecule has 3 aromatic rings. The zero-order valence-corrected chi connectivity index (χ0v) is 14.2. The summed E-state index contributed by atoms with van der Waals surface area (Å²) < 4.78 is 5.20. The maximum atomic E-state index is 12.2. The van der Waals surface area contributed by atoms with Gasteiger partial charge in [0.2, 0.25) is 0 Å². The third-order valence-electron chi connectivity index (χ3n) is 3.79. The van der Waals surface area contributed by atoms with Gasteiger partial charge in [-0.3, -0.25) is 9.59 Å². The zero-order valence-electron chi connectivity index (χ0n) is 14.2. The van der Waals surface area contributed by atoms with Crippen LogP contribution in [0.5, 0.6) is 5.75 Å². The molecule has 3 rings (SSSR count). The third kappa shape index (κ3) is 4.60. The number of imidazole rings is 1. The number of hydrogen-bond acceptors (Lipinski definition) is 4. The van der Waals surface area contributed by atoms with E-state index in [1.165, 1.54) is 0 Å². The number of nitrogens with one attached hydrogen (secondary N) is 2. The van der Waals surface area contributed by atoms with Gasteiger partial charge in [0.1, 0.15) is 11.6 Å². The molecule has 0 saturated carbocycles. The summed E-state index contributed by atoms with van der Waals surface area (Å²) in [5.41, 5.74) is 7.47. The topological polar surface area (TPSA) is 110 Å². The number of carbonyl (C=O) groups is 2. The number of amides is 2. The predicted molar refractivity (Wildman–Crippen MR) is 97.9 cm³/mol. The number of para-hydroxylation sites is 2. The van der Waals surface area contributed by atoms with Crippen molar-refractivity contribution in [1.29, 1.82) is 0 Å². The number of rotatable bonds is 8. The van der Waals surface area contributed by atoms with E-state index >= 15 is 0 Å². The van der Waals surface area contributed by atoms with Gasteiger partial charge < -0.3 is 20.8 Å². The van der Waals surface area contributed by atoms with Gasteiger partial charge in [0, 0.05) is 18.5 Å². The molecule has 0 aliphatic rings. The van der Waals surface area contributed by atoms with Gasteiger partial charge in [-0.15, -0.1) is 0 Å². The molecule has 1 aromatic heterocycles. The van der Waals surface area contributed by atoms with Crippen LogP contribution in [0, 0.1) is 0 Å². The molecule has 2 amide bonds. The Morgan fingerprint density at radius 3 is 2.81 bits per heavy atom. The second kappa shape index (κ2) is 8.15. The molecule has 0 unspecified atom stereocenters. The number of hydrogen-bond donors (Lipinski definition) is 3. The molecule has 7 nitrogen and oxygen atoms in total. The molecule has 4 N–H and O–H groups in total.